The molecule has 0 radical (unpaired) electrons. The fourth-order valence-corrected chi connectivity index (χ4v) is 3.63. The van der Waals surface area contributed by atoms with Crippen molar-refractivity contribution >= 4 is 43.7 Å². The van der Waals surface area contributed by atoms with Crippen LogP contribution in [0, 0.1) is 0 Å². The third kappa shape index (κ3) is 4.30. The number of amides is 2. The lowest BCUT2D eigenvalue weighted by Gasteiger charge is -2.29. The zero-order chi connectivity index (χ0) is 15.4. The van der Waals surface area contributed by atoms with Crippen LogP contribution < -0.4 is 5.32 Å². The van der Waals surface area contributed by atoms with Gasteiger partial charge in [-0.05, 0) is 60.3 Å². The third-order valence-electron chi connectivity index (χ3n) is 3.56. The first-order chi connectivity index (χ1) is 9.99. The van der Waals surface area contributed by atoms with Crippen molar-refractivity contribution in [1.29, 1.82) is 0 Å². The molecule has 0 bridgehead atoms. The van der Waals surface area contributed by atoms with E-state index in [1.54, 1.807) is 19.1 Å². The lowest BCUT2D eigenvalue weighted by Crippen LogP contribution is -2.48. The van der Waals surface area contributed by atoms with E-state index in [1.165, 1.54) is 6.42 Å². The summed E-state index contributed by atoms with van der Waals surface area (Å²) < 4.78 is 1.59. The molecule has 4 nitrogen and oxygen atoms in total. The van der Waals surface area contributed by atoms with Crippen molar-refractivity contribution < 1.29 is 9.59 Å². The Morgan fingerprint density at radius 2 is 1.86 bits per heavy atom. The van der Waals surface area contributed by atoms with Crippen LogP contribution in [0.1, 0.15) is 36.5 Å². The van der Waals surface area contributed by atoms with Gasteiger partial charge in [-0.3, -0.25) is 9.59 Å². The normalized spacial score (nSPS) is 16.4. The highest BCUT2D eigenvalue weighted by molar-refractivity contribution is 9.11. The first-order valence-corrected chi connectivity index (χ1v) is 8.62. The molecule has 1 saturated heterocycles. The van der Waals surface area contributed by atoms with E-state index in [0.29, 0.717) is 10.0 Å². The Morgan fingerprint density at radius 3 is 2.48 bits per heavy atom. The molecule has 1 heterocycles. The Bertz CT molecular complexity index is 542. The summed E-state index contributed by atoms with van der Waals surface area (Å²) in [6.07, 6.45) is 3.27. The summed E-state index contributed by atoms with van der Waals surface area (Å²) in [5.74, 6) is -0.247. The van der Waals surface area contributed by atoms with Crippen LogP contribution in [0.25, 0.3) is 0 Å². The number of hydrogen-bond donors (Lipinski definition) is 1. The number of piperidine rings is 1. The Kier molecular flexibility index (Phi) is 5.81. The van der Waals surface area contributed by atoms with E-state index in [0.717, 1.165) is 30.4 Å². The van der Waals surface area contributed by atoms with Crippen molar-refractivity contribution in [2.75, 3.05) is 13.1 Å². The van der Waals surface area contributed by atoms with Crippen molar-refractivity contribution in [1.82, 2.24) is 10.2 Å². The molecule has 2 amide bonds. The van der Waals surface area contributed by atoms with Gasteiger partial charge in [0.2, 0.25) is 5.91 Å². The van der Waals surface area contributed by atoms with E-state index in [4.69, 9.17) is 0 Å². The second-order valence-electron chi connectivity index (χ2n) is 5.21. The summed E-state index contributed by atoms with van der Waals surface area (Å²) in [5, 5.41) is 2.78. The summed E-state index contributed by atoms with van der Waals surface area (Å²) in [7, 11) is 0. The molecular formula is C15H18Br2N2O2. The van der Waals surface area contributed by atoms with Crippen LogP contribution >= 0.6 is 31.9 Å². The number of halogens is 2. The SMILES string of the molecule is CC(NC(=O)c1ccc(Br)cc1Br)C(=O)N1CCCCC1. The Morgan fingerprint density at radius 1 is 1.19 bits per heavy atom. The van der Waals surface area contributed by atoms with Crippen LogP contribution in [-0.4, -0.2) is 35.8 Å². The topological polar surface area (TPSA) is 49.4 Å². The van der Waals surface area contributed by atoms with Gasteiger partial charge in [0, 0.05) is 22.0 Å². The lowest BCUT2D eigenvalue weighted by molar-refractivity contribution is -0.133. The molecule has 1 aliphatic heterocycles. The Labute approximate surface area is 141 Å². The molecule has 0 aliphatic carbocycles. The summed E-state index contributed by atoms with van der Waals surface area (Å²) >= 11 is 6.71. The van der Waals surface area contributed by atoms with Crippen LogP contribution in [0.3, 0.4) is 0 Å². The van der Waals surface area contributed by atoms with Gasteiger partial charge in [-0.1, -0.05) is 15.9 Å². The van der Waals surface area contributed by atoms with Crippen LogP contribution in [0.4, 0.5) is 0 Å². The van der Waals surface area contributed by atoms with E-state index in [1.807, 2.05) is 11.0 Å². The number of rotatable bonds is 3. The summed E-state index contributed by atoms with van der Waals surface area (Å²) in [5.41, 5.74) is 0.525. The number of benzene rings is 1. The monoisotopic (exact) mass is 416 g/mol. The molecule has 1 atom stereocenters. The van der Waals surface area contributed by atoms with Crippen LogP contribution in [0.15, 0.2) is 27.1 Å². The maximum Gasteiger partial charge on any atom is 0.253 e. The Balaban J connectivity index is 1.99. The van der Waals surface area contributed by atoms with E-state index in [-0.39, 0.29) is 11.8 Å². The standard InChI is InChI=1S/C15H18Br2N2O2/c1-10(15(21)19-7-3-2-4-8-19)18-14(20)12-6-5-11(16)9-13(12)17/h5-6,9-10H,2-4,7-8H2,1H3,(H,18,20). The average Bonchev–Trinajstić information content (AvgIpc) is 2.47. The van der Waals surface area contributed by atoms with Crippen LogP contribution in [0.2, 0.25) is 0 Å². The highest BCUT2D eigenvalue weighted by Crippen LogP contribution is 2.22. The summed E-state index contributed by atoms with van der Waals surface area (Å²) in [6.45, 7) is 3.32. The third-order valence-corrected chi connectivity index (χ3v) is 4.71. The van der Waals surface area contributed by atoms with Gasteiger partial charge in [-0.15, -0.1) is 0 Å². The van der Waals surface area contributed by atoms with Gasteiger partial charge in [0.05, 0.1) is 5.56 Å². The molecule has 6 heteroatoms. The molecule has 1 aromatic carbocycles. The molecule has 0 spiro atoms. The number of likely N-dealkylation sites (tertiary alicyclic amines) is 1. The molecule has 1 aromatic rings. The van der Waals surface area contributed by atoms with Crippen molar-refractivity contribution in [3.05, 3.63) is 32.7 Å². The van der Waals surface area contributed by atoms with Gasteiger partial charge in [0.25, 0.3) is 5.91 Å². The van der Waals surface area contributed by atoms with Crippen LogP contribution in [0.5, 0.6) is 0 Å². The lowest BCUT2D eigenvalue weighted by atomic mass is 10.1. The maximum atomic E-state index is 12.3. The zero-order valence-electron chi connectivity index (χ0n) is 11.9. The van der Waals surface area contributed by atoms with Gasteiger partial charge in [0.1, 0.15) is 6.04 Å². The van der Waals surface area contributed by atoms with Crippen LogP contribution in [-0.2, 0) is 4.79 Å². The number of carbonyl (C=O) groups excluding carboxylic acids is 2. The summed E-state index contributed by atoms with van der Waals surface area (Å²) in [4.78, 5) is 26.4. The first-order valence-electron chi connectivity index (χ1n) is 7.04. The fourth-order valence-electron chi connectivity index (χ4n) is 2.40. The van der Waals surface area contributed by atoms with E-state index < -0.39 is 6.04 Å². The minimum atomic E-state index is -0.508. The molecular weight excluding hydrogens is 400 g/mol. The van der Waals surface area contributed by atoms with Crippen molar-refractivity contribution in [3.8, 4) is 0 Å². The average molecular weight is 418 g/mol. The molecule has 2 rings (SSSR count). The second-order valence-corrected chi connectivity index (χ2v) is 6.98. The van der Waals surface area contributed by atoms with Gasteiger partial charge in [-0.25, -0.2) is 0 Å². The smallest absolute Gasteiger partial charge is 0.253 e. The van der Waals surface area contributed by atoms with Gasteiger partial charge >= 0.3 is 0 Å². The second kappa shape index (κ2) is 7.40. The minimum absolute atomic E-state index is 0.00344. The highest BCUT2D eigenvalue weighted by atomic mass is 79.9. The Hall–Kier alpha value is -0.880. The predicted molar refractivity (Wildman–Crippen MR) is 89.2 cm³/mol. The molecule has 0 saturated carbocycles. The summed E-state index contributed by atoms with van der Waals surface area (Å²) in [6, 6.07) is 4.83. The highest BCUT2D eigenvalue weighted by Gasteiger charge is 2.24. The van der Waals surface area contributed by atoms with Gasteiger partial charge in [0.15, 0.2) is 0 Å². The first kappa shape index (κ1) is 16.5. The molecule has 1 N–H and O–H groups in total. The molecule has 114 valence electrons. The van der Waals surface area contributed by atoms with Crippen molar-refractivity contribution in [3.63, 3.8) is 0 Å². The number of hydrogen-bond acceptors (Lipinski definition) is 2. The minimum Gasteiger partial charge on any atom is -0.341 e. The van der Waals surface area contributed by atoms with Crippen molar-refractivity contribution in [2.24, 2.45) is 0 Å². The molecule has 1 fully saturated rings. The molecule has 0 aromatic heterocycles. The van der Waals surface area contributed by atoms with Crippen molar-refractivity contribution in [2.45, 2.75) is 32.2 Å². The number of nitrogens with zero attached hydrogens (tertiary/aromatic N) is 1. The predicted octanol–water partition coefficient (Wildman–Crippen LogP) is 3.34. The maximum absolute atomic E-state index is 12.3. The van der Waals surface area contributed by atoms with Gasteiger partial charge < -0.3 is 10.2 Å². The molecule has 1 unspecified atom stereocenters. The van der Waals surface area contributed by atoms with E-state index in [9.17, 15) is 9.59 Å². The molecule has 21 heavy (non-hydrogen) atoms. The largest absolute Gasteiger partial charge is 0.341 e. The van der Waals surface area contributed by atoms with E-state index >= 15 is 0 Å². The zero-order valence-corrected chi connectivity index (χ0v) is 15.0. The quantitative estimate of drug-likeness (QED) is 0.819. The number of carbonyl (C=O) groups is 2. The fraction of sp³-hybridized carbons (Fsp3) is 0.467. The van der Waals surface area contributed by atoms with E-state index in [2.05, 4.69) is 37.2 Å². The molecule has 1 aliphatic rings. The number of nitrogens with one attached hydrogen (secondary N) is 1. The van der Waals surface area contributed by atoms with Gasteiger partial charge in [-0.2, -0.15) is 0 Å².